The number of nitrogens with zero attached hydrogens (tertiary/aromatic N) is 2. The zero-order valence-corrected chi connectivity index (χ0v) is 13.0. The van der Waals surface area contributed by atoms with E-state index in [-0.39, 0.29) is 23.3 Å². The summed E-state index contributed by atoms with van der Waals surface area (Å²) in [5.74, 6) is -0.0468. The average Bonchev–Trinajstić information content (AvgIpc) is 2.82. The van der Waals surface area contributed by atoms with Gasteiger partial charge in [0, 0.05) is 31.2 Å². The van der Waals surface area contributed by atoms with Crippen molar-refractivity contribution in [3.63, 3.8) is 0 Å². The SMILES string of the molecule is CCOC(=O)[C@@H]1CCOC[C@@H]1C1(C)CC=NN1C(C)C. The van der Waals surface area contributed by atoms with Crippen LogP contribution < -0.4 is 0 Å². The van der Waals surface area contributed by atoms with Crippen LogP contribution in [-0.2, 0) is 14.3 Å². The predicted octanol–water partition coefficient (Wildman–Crippen LogP) is 2.06. The number of carbonyl (C=O) groups is 1. The minimum atomic E-state index is -0.161. The molecule has 0 aromatic carbocycles. The van der Waals surface area contributed by atoms with Crippen LogP contribution in [0, 0.1) is 11.8 Å². The van der Waals surface area contributed by atoms with E-state index < -0.39 is 0 Å². The van der Waals surface area contributed by atoms with Crippen molar-refractivity contribution >= 4 is 12.2 Å². The van der Waals surface area contributed by atoms with Gasteiger partial charge in [-0.1, -0.05) is 0 Å². The molecule has 0 bridgehead atoms. The van der Waals surface area contributed by atoms with Crippen molar-refractivity contribution in [1.29, 1.82) is 0 Å². The van der Waals surface area contributed by atoms with Gasteiger partial charge in [0.15, 0.2) is 0 Å². The lowest BCUT2D eigenvalue weighted by Gasteiger charge is -2.46. The summed E-state index contributed by atoms with van der Waals surface area (Å²) in [5, 5.41) is 6.63. The van der Waals surface area contributed by atoms with E-state index in [1.54, 1.807) is 0 Å². The molecule has 0 aromatic heterocycles. The second-order valence-corrected chi connectivity index (χ2v) is 6.13. The van der Waals surface area contributed by atoms with Crippen LogP contribution >= 0.6 is 0 Å². The molecule has 2 aliphatic rings. The lowest BCUT2D eigenvalue weighted by molar-refractivity contribution is -0.160. The van der Waals surface area contributed by atoms with Gasteiger partial charge in [-0.25, -0.2) is 0 Å². The fourth-order valence-electron chi connectivity index (χ4n) is 3.47. The molecule has 2 heterocycles. The van der Waals surface area contributed by atoms with Crippen molar-refractivity contribution in [2.24, 2.45) is 16.9 Å². The smallest absolute Gasteiger partial charge is 0.309 e. The highest BCUT2D eigenvalue weighted by Gasteiger charge is 2.49. The predicted molar refractivity (Wildman–Crippen MR) is 77.5 cm³/mol. The molecule has 0 spiro atoms. The van der Waals surface area contributed by atoms with Crippen LogP contribution in [0.1, 0.15) is 40.5 Å². The molecule has 1 fully saturated rings. The maximum atomic E-state index is 12.2. The first-order valence-electron chi connectivity index (χ1n) is 7.57. The van der Waals surface area contributed by atoms with Crippen LogP contribution in [0.5, 0.6) is 0 Å². The zero-order chi connectivity index (χ0) is 14.8. The van der Waals surface area contributed by atoms with E-state index >= 15 is 0 Å². The third kappa shape index (κ3) is 2.68. The highest BCUT2D eigenvalue weighted by atomic mass is 16.5. The summed E-state index contributed by atoms with van der Waals surface area (Å²) >= 11 is 0. The third-order valence-electron chi connectivity index (χ3n) is 4.47. The summed E-state index contributed by atoms with van der Waals surface area (Å²) in [6.07, 6.45) is 3.55. The molecule has 2 rings (SSSR count). The number of esters is 1. The number of carbonyl (C=O) groups excluding carboxylic acids is 1. The Morgan fingerprint density at radius 3 is 3.00 bits per heavy atom. The van der Waals surface area contributed by atoms with Crippen LogP contribution in [0.25, 0.3) is 0 Å². The van der Waals surface area contributed by atoms with E-state index in [0.717, 1.165) is 12.8 Å². The van der Waals surface area contributed by atoms with Gasteiger partial charge in [0.05, 0.1) is 24.7 Å². The molecule has 0 amide bonds. The first-order valence-corrected chi connectivity index (χ1v) is 7.57. The van der Waals surface area contributed by atoms with Gasteiger partial charge in [0.2, 0.25) is 0 Å². The van der Waals surface area contributed by atoms with Gasteiger partial charge in [0.1, 0.15) is 0 Å². The van der Waals surface area contributed by atoms with E-state index in [4.69, 9.17) is 9.47 Å². The van der Waals surface area contributed by atoms with Crippen LogP contribution in [0.15, 0.2) is 5.10 Å². The minimum Gasteiger partial charge on any atom is -0.466 e. The third-order valence-corrected chi connectivity index (χ3v) is 4.47. The fraction of sp³-hybridized carbons (Fsp3) is 0.867. The molecule has 1 unspecified atom stereocenters. The van der Waals surface area contributed by atoms with E-state index in [1.165, 1.54) is 0 Å². The number of rotatable bonds is 4. The molecule has 20 heavy (non-hydrogen) atoms. The summed E-state index contributed by atoms with van der Waals surface area (Å²) in [6.45, 7) is 9.97. The van der Waals surface area contributed by atoms with E-state index in [0.29, 0.717) is 25.9 Å². The monoisotopic (exact) mass is 282 g/mol. The first-order chi connectivity index (χ1) is 9.50. The fourth-order valence-corrected chi connectivity index (χ4v) is 3.47. The van der Waals surface area contributed by atoms with Crippen molar-refractivity contribution in [3.05, 3.63) is 0 Å². The van der Waals surface area contributed by atoms with Gasteiger partial charge < -0.3 is 9.47 Å². The van der Waals surface area contributed by atoms with Gasteiger partial charge in [0.25, 0.3) is 0 Å². The summed E-state index contributed by atoms with van der Waals surface area (Å²) in [6, 6.07) is 0.309. The van der Waals surface area contributed by atoms with Gasteiger partial charge >= 0.3 is 5.97 Å². The van der Waals surface area contributed by atoms with Crippen molar-refractivity contribution in [1.82, 2.24) is 5.01 Å². The van der Waals surface area contributed by atoms with Crippen LogP contribution in [0.4, 0.5) is 0 Å². The molecule has 3 atom stereocenters. The van der Waals surface area contributed by atoms with Crippen LogP contribution in [0.2, 0.25) is 0 Å². The van der Waals surface area contributed by atoms with E-state index in [2.05, 4.69) is 30.9 Å². The highest BCUT2D eigenvalue weighted by molar-refractivity contribution is 5.73. The van der Waals surface area contributed by atoms with Gasteiger partial charge in [-0.2, -0.15) is 5.10 Å². The van der Waals surface area contributed by atoms with E-state index in [9.17, 15) is 4.79 Å². The van der Waals surface area contributed by atoms with Gasteiger partial charge in [-0.3, -0.25) is 9.80 Å². The molecule has 0 radical (unpaired) electrons. The van der Waals surface area contributed by atoms with E-state index in [1.807, 2.05) is 13.1 Å². The largest absolute Gasteiger partial charge is 0.466 e. The number of hydrogen-bond acceptors (Lipinski definition) is 5. The Bertz CT molecular complexity index is 383. The summed E-state index contributed by atoms with van der Waals surface area (Å²) < 4.78 is 10.9. The topological polar surface area (TPSA) is 51.1 Å². The second-order valence-electron chi connectivity index (χ2n) is 6.13. The summed E-state index contributed by atoms with van der Waals surface area (Å²) in [7, 11) is 0. The molecule has 5 nitrogen and oxygen atoms in total. The summed E-state index contributed by atoms with van der Waals surface area (Å²) in [5.41, 5.74) is -0.161. The first kappa shape index (κ1) is 15.3. The molecule has 5 heteroatoms. The minimum absolute atomic E-state index is 0.0855. The molecule has 1 saturated heterocycles. The Morgan fingerprint density at radius 2 is 2.35 bits per heavy atom. The van der Waals surface area contributed by atoms with Gasteiger partial charge in [-0.15, -0.1) is 0 Å². The maximum absolute atomic E-state index is 12.2. The maximum Gasteiger partial charge on any atom is 0.309 e. The average molecular weight is 282 g/mol. The van der Waals surface area contributed by atoms with Crippen molar-refractivity contribution in [2.45, 2.75) is 52.1 Å². The standard InChI is InChI=1S/C15H26N2O3/c1-5-20-14(18)12-6-9-19-10-13(12)15(4)7-8-16-17(15)11(2)3/h8,11-13H,5-7,9-10H2,1-4H3/t12-,13+,15?/m1/s1. The lowest BCUT2D eigenvalue weighted by Crippen LogP contribution is -2.55. The van der Waals surface area contributed by atoms with Crippen molar-refractivity contribution in [3.8, 4) is 0 Å². The molecule has 0 aliphatic carbocycles. The second kappa shape index (κ2) is 6.12. The van der Waals surface area contributed by atoms with Crippen molar-refractivity contribution in [2.75, 3.05) is 19.8 Å². The summed E-state index contributed by atoms with van der Waals surface area (Å²) in [4.78, 5) is 12.2. The van der Waals surface area contributed by atoms with Gasteiger partial charge in [-0.05, 0) is 34.1 Å². The van der Waals surface area contributed by atoms with Crippen LogP contribution in [0.3, 0.4) is 0 Å². The number of hydrazone groups is 1. The molecule has 114 valence electrons. The molecule has 2 aliphatic heterocycles. The number of hydrogen-bond donors (Lipinski definition) is 0. The zero-order valence-electron chi connectivity index (χ0n) is 13.0. The molecule has 0 N–H and O–H groups in total. The number of ether oxygens (including phenoxy) is 2. The molecule has 0 saturated carbocycles. The Hall–Kier alpha value is -1.10. The Kier molecular flexibility index (Phi) is 4.68. The molecule has 0 aromatic rings. The van der Waals surface area contributed by atoms with Crippen molar-refractivity contribution < 1.29 is 14.3 Å². The Morgan fingerprint density at radius 1 is 1.60 bits per heavy atom. The Balaban J connectivity index is 2.21. The normalized spacial score (nSPS) is 33.8. The molecular formula is C15H26N2O3. The lowest BCUT2D eigenvalue weighted by atomic mass is 9.73. The molecular weight excluding hydrogens is 256 g/mol. The van der Waals surface area contributed by atoms with Crippen LogP contribution in [-0.4, -0.2) is 48.6 Å². The highest BCUT2D eigenvalue weighted by Crippen LogP contribution is 2.41. The Labute approximate surface area is 121 Å². The quantitative estimate of drug-likeness (QED) is 0.741.